The Morgan fingerprint density at radius 2 is 1.95 bits per heavy atom. The largest absolute Gasteiger partial charge is 0.359 e. The molecule has 2 N–H and O–H groups in total. The molecule has 0 bridgehead atoms. The maximum absolute atomic E-state index is 5.98. The van der Waals surface area contributed by atoms with Gasteiger partial charge in [-0.25, -0.2) is 0 Å². The average Bonchev–Trinajstić information content (AvgIpc) is 2.37. The van der Waals surface area contributed by atoms with E-state index in [0.29, 0.717) is 27.1 Å². The van der Waals surface area contributed by atoms with Gasteiger partial charge in [-0.15, -0.1) is 0 Å². The molecule has 2 atom stereocenters. The van der Waals surface area contributed by atoms with Crippen molar-refractivity contribution in [2.45, 2.75) is 38.6 Å². The molecule has 0 spiro atoms. The van der Waals surface area contributed by atoms with Gasteiger partial charge in [0.15, 0.2) is 5.11 Å². The molecule has 1 aromatic carbocycles. The Labute approximate surface area is 129 Å². The van der Waals surface area contributed by atoms with Crippen molar-refractivity contribution in [2.75, 3.05) is 5.32 Å². The van der Waals surface area contributed by atoms with E-state index in [1.807, 2.05) is 6.07 Å². The fourth-order valence-corrected chi connectivity index (χ4v) is 3.01. The number of halogens is 2. The Hall–Kier alpha value is -0.510. The van der Waals surface area contributed by atoms with Gasteiger partial charge in [-0.1, -0.05) is 43.0 Å². The third-order valence-corrected chi connectivity index (χ3v) is 4.56. The molecule has 2 nitrogen and oxygen atoms in total. The van der Waals surface area contributed by atoms with Crippen molar-refractivity contribution in [1.82, 2.24) is 5.32 Å². The zero-order chi connectivity index (χ0) is 13.8. The first-order chi connectivity index (χ1) is 9.06. The van der Waals surface area contributed by atoms with Gasteiger partial charge in [-0.2, -0.15) is 0 Å². The number of nitrogens with one attached hydrogen (secondary N) is 2. The van der Waals surface area contributed by atoms with E-state index in [-0.39, 0.29) is 0 Å². The van der Waals surface area contributed by atoms with Gasteiger partial charge in [0.1, 0.15) is 0 Å². The predicted molar refractivity (Wildman–Crippen MR) is 87.2 cm³/mol. The lowest BCUT2D eigenvalue weighted by Crippen LogP contribution is -2.43. The second-order valence-corrected chi connectivity index (χ2v) is 6.32. The minimum Gasteiger partial charge on any atom is -0.359 e. The lowest BCUT2D eigenvalue weighted by atomic mass is 9.86. The molecule has 1 fully saturated rings. The first-order valence-corrected chi connectivity index (χ1v) is 7.75. The molecule has 0 amide bonds. The van der Waals surface area contributed by atoms with Crippen molar-refractivity contribution < 1.29 is 0 Å². The summed E-state index contributed by atoms with van der Waals surface area (Å²) in [5, 5.41) is 8.28. The summed E-state index contributed by atoms with van der Waals surface area (Å²) < 4.78 is 0. The lowest BCUT2D eigenvalue weighted by Gasteiger charge is -2.30. The van der Waals surface area contributed by atoms with E-state index >= 15 is 0 Å². The van der Waals surface area contributed by atoms with Gasteiger partial charge >= 0.3 is 0 Å². The highest BCUT2D eigenvalue weighted by Gasteiger charge is 2.21. The first kappa shape index (κ1) is 14.9. The van der Waals surface area contributed by atoms with Gasteiger partial charge in [-0.05, 0) is 49.2 Å². The summed E-state index contributed by atoms with van der Waals surface area (Å²) in [5.74, 6) is 0.669. The maximum Gasteiger partial charge on any atom is 0.171 e. The Balaban J connectivity index is 1.91. The summed E-state index contributed by atoms with van der Waals surface area (Å²) in [4.78, 5) is 0. The van der Waals surface area contributed by atoms with Crippen molar-refractivity contribution >= 4 is 46.2 Å². The van der Waals surface area contributed by atoms with Crippen molar-refractivity contribution in [3.63, 3.8) is 0 Å². The molecule has 104 valence electrons. The summed E-state index contributed by atoms with van der Waals surface area (Å²) >= 11 is 17.2. The standard InChI is InChI=1S/C14H18Cl2N2S/c1-9-4-2-3-5-13(9)18-14(19)17-10-6-7-11(15)12(16)8-10/h6-9,13H,2-5H2,1H3,(H2,17,18,19). The van der Waals surface area contributed by atoms with Gasteiger partial charge in [0.2, 0.25) is 0 Å². The summed E-state index contributed by atoms with van der Waals surface area (Å²) in [5.41, 5.74) is 0.857. The highest BCUT2D eigenvalue weighted by atomic mass is 35.5. The maximum atomic E-state index is 5.98. The van der Waals surface area contributed by atoms with Crippen LogP contribution in [0.3, 0.4) is 0 Å². The molecule has 2 rings (SSSR count). The van der Waals surface area contributed by atoms with E-state index in [0.717, 1.165) is 5.69 Å². The van der Waals surface area contributed by atoms with Gasteiger partial charge in [-0.3, -0.25) is 0 Å². The second kappa shape index (κ2) is 6.78. The second-order valence-electron chi connectivity index (χ2n) is 5.10. The fourth-order valence-electron chi connectivity index (χ4n) is 2.44. The summed E-state index contributed by atoms with van der Waals surface area (Å²) in [6, 6.07) is 5.88. The van der Waals surface area contributed by atoms with Crippen molar-refractivity contribution in [3.05, 3.63) is 28.2 Å². The van der Waals surface area contributed by atoms with Crippen LogP contribution in [-0.4, -0.2) is 11.2 Å². The van der Waals surface area contributed by atoms with Crippen LogP contribution in [0.25, 0.3) is 0 Å². The highest BCUT2D eigenvalue weighted by Crippen LogP contribution is 2.26. The van der Waals surface area contributed by atoms with E-state index in [9.17, 15) is 0 Å². The lowest BCUT2D eigenvalue weighted by molar-refractivity contribution is 0.309. The Morgan fingerprint density at radius 3 is 2.63 bits per heavy atom. The van der Waals surface area contributed by atoms with Crippen LogP contribution in [0.15, 0.2) is 18.2 Å². The van der Waals surface area contributed by atoms with Crippen LogP contribution < -0.4 is 10.6 Å². The number of hydrogen-bond acceptors (Lipinski definition) is 1. The molecule has 1 aliphatic carbocycles. The van der Waals surface area contributed by atoms with Crippen molar-refractivity contribution in [1.29, 1.82) is 0 Å². The molecule has 2 unspecified atom stereocenters. The van der Waals surface area contributed by atoms with Crippen LogP contribution in [0, 0.1) is 5.92 Å². The summed E-state index contributed by atoms with van der Waals surface area (Å²) in [6.45, 7) is 2.28. The molecule has 5 heteroatoms. The van der Waals surface area contributed by atoms with Crippen molar-refractivity contribution in [2.24, 2.45) is 5.92 Å². The van der Waals surface area contributed by atoms with Crippen LogP contribution >= 0.6 is 35.4 Å². The fraction of sp³-hybridized carbons (Fsp3) is 0.500. The Bertz CT molecular complexity index is 465. The van der Waals surface area contributed by atoms with Crippen LogP contribution in [0.4, 0.5) is 5.69 Å². The third-order valence-electron chi connectivity index (χ3n) is 3.61. The van der Waals surface area contributed by atoms with Crippen molar-refractivity contribution in [3.8, 4) is 0 Å². The number of benzene rings is 1. The van der Waals surface area contributed by atoms with E-state index < -0.39 is 0 Å². The average molecular weight is 317 g/mol. The topological polar surface area (TPSA) is 24.1 Å². The molecular weight excluding hydrogens is 299 g/mol. The molecule has 0 saturated heterocycles. The molecule has 0 aromatic heterocycles. The van der Waals surface area contributed by atoms with Gasteiger partial charge in [0.05, 0.1) is 10.0 Å². The van der Waals surface area contributed by atoms with Crippen LogP contribution in [0.5, 0.6) is 0 Å². The van der Waals surface area contributed by atoms with Gasteiger partial charge in [0, 0.05) is 11.7 Å². The van der Waals surface area contributed by atoms with Gasteiger partial charge in [0.25, 0.3) is 0 Å². The third kappa shape index (κ3) is 4.23. The monoisotopic (exact) mass is 316 g/mol. The zero-order valence-electron chi connectivity index (χ0n) is 10.9. The summed E-state index contributed by atoms with van der Waals surface area (Å²) in [6.07, 6.45) is 5.06. The molecule has 0 heterocycles. The summed E-state index contributed by atoms with van der Waals surface area (Å²) in [7, 11) is 0. The van der Waals surface area contributed by atoms with E-state index in [2.05, 4.69) is 17.6 Å². The Kier molecular flexibility index (Phi) is 5.31. The Morgan fingerprint density at radius 1 is 1.21 bits per heavy atom. The van der Waals surface area contributed by atoms with E-state index in [1.54, 1.807) is 12.1 Å². The smallest absolute Gasteiger partial charge is 0.171 e. The SMILES string of the molecule is CC1CCCCC1NC(=S)Nc1ccc(Cl)c(Cl)c1. The number of thiocarbonyl (C=S) groups is 1. The minimum absolute atomic E-state index is 0.469. The number of anilines is 1. The molecule has 0 radical (unpaired) electrons. The normalized spacial score (nSPS) is 22.9. The molecule has 1 aliphatic rings. The highest BCUT2D eigenvalue weighted by molar-refractivity contribution is 7.80. The van der Waals surface area contributed by atoms with Crippen LogP contribution in [0.2, 0.25) is 10.0 Å². The zero-order valence-corrected chi connectivity index (χ0v) is 13.2. The number of rotatable bonds is 2. The minimum atomic E-state index is 0.469. The van der Waals surface area contributed by atoms with Gasteiger partial charge < -0.3 is 10.6 Å². The van der Waals surface area contributed by atoms with Crippen LogP contribution in [0.1, 0.15) is 32.6 Å². The molecule has 1 aromatic rings. The molecule has 1 saturated carbocycles. The predicted octanol–water partition coefficient (Wildman–Crippen LogP) is 4.86. The molecule has 19 heavy (non-hydrogen) atoms. The molecular formula is C14H18Cl2N2S. The van der Waals surface area contributed by atoms with Crippen LogP contribution in [-0.2, 0) is 0 Å². The first-order valence-electron chi connectivity index (χ1n) is 6.59. The van der Waals surface area contributed by atoms with E-state index in [4.69, 9.17) is 35.4 Å². The van der Waals surface area contributed by atoms with E-state index in [1.165, 1.54) is 25.7 Å². The quantitative estimate of drug-likeness (QED) is 0.762. The molecule has 0 aliphatic heterocycles. The number of hydrogen-bond donors (Lipinski definition) is 2.